The molecular weight excluding hydrogens is 335 g/mol. The summed E-state index contributed by atoms with van der Waals surface area (Å²) in [5, 5.41) is -0.298. The van der Waals surface area contributed by atoms with Gasteiger partial charge in [0.2, 0.25) is 5.90 Å². The van der Waals surface area contributed by atoms with E-state index in [0.29, 0.717) is 24.0 Å². The van der Waals surface area contributed by atoms with Crippen molar-refractivity contribution in [3.63, 3.8) is 0 Å². The highest BCUT2D eigenvalue weighted by Gasteiger charge is 2.32. The van der Waals surface area contributed by atoms with Gasteiger partial charge in [0.1, 0.15) is 11.4 Å². The maximum atomic E-state index is 14.0. The van der Waals surface area contributed by atoms with Crippen molar-refractivity contribution in [3.05, 3.63) is 34.1 Å². The summed E-state index contributed by atoms with van der Waals surface area (Å²) in [4.78, 5) is 15.7. The summed E-state index contributed by atoms with van der Waals surface area (Å²) < 4.78 is 47.9. The van der Waals surface area contributed by atoms with Crippen LogP contribution >= 0.6 is 11.6 Å². The van der Waals surface area contributed by atoms with Gasteiger partial charge < -0.3 is 9.47 Å². The van der Waals surface area contributed by atoms with Crippen molar-refractivity contribution >= 4 is 29.2 Å². The highest BCUT2D eigenvalue weighted by atomic mass is 35.5. The number of cyclic esters (lactones) is 1. The Hall–Kier alpha value is -2.02. The van der Waals surface area contributed by atoms with Crippen molar-refractivity contribution < 1.29 is 27.4 Å². The number of nitrogens with zero attached hydrogens (tertiary/aromatic N) is 1. The van der Waals surface area contributed by atoms with Crippen LogP contribution in [-0.4, -0.2) is 18.5 Å². The molecule has 1 aromatic carbocycles. The van der Waals surface area contributed by atoms with Gasteiger partial charge in [-0.3, -0.25) is 0 Å². The van der Waals surface area contributed by atoms with Gasteiger partial charge in [0, 0.05) is 17.2 Å². The summed E-state index contributed by atoms with van der Waals surface area (Å²) in [6.45, 7) is -3.10. The van der Waals surface area contributed by atoms with E-state index in [1.807, 2.05) is 0 Å². The molecule has 23 heavy (non-hydrogen) atoms. The molecule has 0 amide bonds. The van der Waals surface area contributed by atoms with E-state index < -0.39 is 24.1 Å². The highest BCUT2D eigenvalue weighted by molar-refractivity contribution is 6.32. The molecule has 2 aliphatic rings. The third-order valence-electron chi connectivity index (χ3n) is 3.60. The predicted octanol–water partition coefficient (Wildman–Crippen LogP) is 4.54. The summed E-state index contributed by atoms with van der Waals surface area (Å²) in [6.07, 6.45) is 2.95. The molecule has 0 fully saturated rings. The summed E-state index contributed by atoms with van der Waals surface area (Å²) in [5.41, 5.74) is 0.910. The summed E-state index contributed by atoms with van der Waals surface area (Å²) in [6, 6.07) is 1.78. The second-order valence-electron chi connectivity index (χ2n) is 5.08. The first-order valence-electron chi connectivity index (χ1n) is 6.93. The number of rotatable bonds is 3. The Kier molecular flexibility index (Phi) is 4.30. The van der Waals surface area contributed by atoms with E-state index in [1.165, 1.54) is 0 Å². The van der Waals surface area contributed by atoms with E-state index in [-0.39, 0.29) is 16.6 Å². The quantitative estimate of drug-likeness (QED) is 0.756. The number of hydrogen-bond donors (Lipinski definition) is 0. The third-order valence-corrected chi connectivity index (χ3v) is 3.90. The number of ether oxygens (including phenoxy) is 2. The maximum Gasteiger partial charge on any atom is 0.387 e. The van der Waals surface area contributed by atoms with Gasteiger partial charge in [0.05, 0.1) is 5.02 Å². The minimum absolute atomic E-state index is 0.00826. The fourth-order valence-corrected chi connectivity index (χ4v) is 2.76. The number of carbonyl (C=O) groups is 1. The van der Waals surface area contributed by atoms with Gasteiger partial charge in [-0.05, 0) is 31.7 Å². The number of aliphatic imine (C=N–C) groups is 1. The van der Waals surface area contributed by atoms with Gasteiger partial charge in [0.25, 0.3) is 0 Å². The molecule has 0 unspecified atom stereocenters. The monoisotopic (exact) mass is 345 g/mol. The Labute approximate surface area is 134 Å². The molecule has 1 aliphatic carbocycles. The first-order chi connectivity index (χ1) is 11.0. The largest absolute Gasteiger partial charge is 0.433 e. The van der Waals surface area contributed by atoms with Crippen LogP contribution in [0.15, 0.2) is 28.3 Å². The van der Waals surface area contributed by atoms with E-state index in [4.69, 9.17) is 16.3 Å². The molecule has 0 radical (unpaired) electrons. The first kappa shape index (κ1) is 15.9. The molecule has 0 aromatic heterocycles. The third kappa shape index (κ3) is 3.19. The zero-order valence-electron chi connectivity index (χ0n) is 11.7. The molecule has 0 spiro atoms. The van der Waals surface area contributed by atoms with Gasteiger partial charge in [-0.25, -0.2) is 14.2 Å². The Balaban J connectivity index is 1.99. The maximum absolute atomic E-state index is 14.0. The molecule has 0 bridgehead atoms. The molecule has 4 nitrogen and oxygen atoms in total. The lowest BCUT2D eigenvalue weighted by molar-refractivity contribution is -0.130. The molecule has 8 heteroatoms. The highest BCUT2D eigenvalue weighted by Crippen LogP contribution is 2.36. The molecule has 3 rings (SSSR count). The topological polar surface area (TPSA) is 47.9 Å². The van der Waals surface area contributed by atoms with Gasteiger partial charge in [-0.2, -0.15) is 8.78 Å². The molecule has 1 heterocycles. The van der Waals surface area contributed by atoms with Crippen LogP contribution in [-0.2, 0) is 9.53 Å². The first-order valence-corrected chi connectivity index (χ1v) is 7.30. The van der Waals surface area contributed by atoms with Gasteiger partial charge in [-0.1, -0.05) is 11.6 Å². The van der Waals surface area contributed by atoms with Crippen LogP contribution < -0.4 is 4.74 Å². The van der Waals surface area contributed by atoms with Crippen LogP contribution in [0.5, 0.6) is 5.75 Å². The Morgan fingerprint density at radius 1 is 1.22 bits per heavy atom. The van der Waals surface area contributed by atoms with Crippen LogP contribution in [0, 0.1) is 5.82 Å². The van der Waals surface area contributed by atoms with Crippen molar-refractivity contribution in [2.75, 3.05) is 0 Å². The Bertz CT molecular complexity index is 731. The Morgan fingerprint density at radius 2 is 1.91 bits per heavy atom. The number of carbonyl (C=O) groups excluding carboxylic acids is 1. The lowest BCUT2D eigenvalue weighted by atomic mass is 9.93. The molecule has 0 saturated heterocycles. The summed E-state index contributed by atoms with van der Waals surface area (Å²) in [5.74, 6) is -1.71. The van der Waals surface area contributed by atoms with Crippen molar-refractivity contribution in [3.8, 4) is 5.75 Å². The lowest BCUT2D eigenvalue weighted by Crippen LogP contribution is -2.04. The van der Waals surface area contributed by atoms with E-state index in [2.05, 4.69) is 9.73 Å². The molecule has 1 aromatic rings. The number of halogens is 4. The fourth-order valence-electron chi connectivity index (χ4n) is 2.57. The van der Waals surface area contributed by atoms with Crippen LogP contribution in [0.2, 0.25) is 5.02 Å². The normalized spacial score (nSPS) is 19.3. The molecule has 1 aliphatic heterocycles. The molecule has 0 saturated carbocycles. The van der Waals surface area contributed by atoms with Crippen molar-refractivity contribution in [2.24, 2.45) is 4.99 Å². The second kappa shape index (κ2) is 6.23. The molecule has 0 atom stereocenters. The van der Waals surface area contributed by atoms with Crippen LogP contribution in [0.1, 0.15) is 25.7 Å². The van der Waals surface area contributed by atoms with E-state index >= 15 is 0 Å². The Morgan fingerprint density at radius 3 is 2.61 bits per heavy atom. The second-order valence-corrected chi connectivity index (χ2v) is 5.49. The predicted molar refractivity (Wildman–Crippen MR) is 76.7 cm³/mol. The van der Waals surface area contributed by atoms with Gasteiger partial charge in [0.15, 0.2) is 5.82 Å². The van der Waals surface area contributed by atoms with E-state index in [1.54, 1.807) is 0 Å². The van der Waals surface area contributed by atoms with Crippen LogP contribution in [0.25, 0.3) is 0 Å². The number of alkyl halides is 2. The summed E-state index contributed by atoms with van der Waals surface area (Å²) >= 11 is 5.65. The molecule has 0 N–H and O–H groups in total. The average molecular weight is 346 g/mol. The zero-order chi connectivity index (χ0) is 16.6. The molecule has 122 valence electrons. The minimum Gasteiger partial charge on any atom is -0.433 e. The standard InChI is InChI=1S/C15H11ClF3NO3/c16-9-5-10(17)11(6-12(9)22-15(18)19)20-13-7-3-1-2-4-8(7)14(21)23-13/h5-6,15H,1-4H2. The smallest absolute Gasteiger partial charge is 0.387 e. The minimum atomic E-state index is -3.10. The zero-order valence-corrected chi connectivity index (χ0v) is 12.5. The van der Waals surface area contributed by atoms with Gasteiger partial charge in [-0.15, -0.1) is 0 Å². The average Bonchev–Trinajstić information content (AvgIpc) is 2.81. The van der Waals surface area contributed by atoms with Crippen molar-refractivity contribution in [1.29, 1.82) is 0 Å². The number of hydrogen-bond acceptors (Lipinski definition) is 4. The number of esters is 1. The summed E-state index contributed by atoms with van der Waals surface area (Å²) in [7, 11) is 0. The van der Waals surface area contributed by atoms with Crippen LogP contribution in [0.4, 0.5) is 18.9 Å². The van der Waals surface area contributed by atoms with E-state index in [0.717, 1.165) is 25.0 Å². The van der Waals surface area contributed by atoms with Crippen LogP contribution in [0.3, 0.4) is 0 Å². The van der Waals surface area contributed by atoms with Crippen molar-refractivity contribution in [1.82, 2.24) is 0 Å². The van der Waals surface area contributed by atoms with Gasteiger partial charge >= 0.3 is 12.6 Å². The lowest BCUT2D eigenvalue weighted by Gasteiger charge is -2.10. The van der Waals surface area contributed by atoms with Crippen molar-refractivity contribution in [2.45, 2.75) is 32.3 Å². The number of benzene rings is 1. The molecular formula is C15H11ClF3NO3. The fraction of sp³-hybridized carbons (Fsp3) is 0.333. The SMILES string of the molecule is O=C1OC(=Nc2cc(OC(F)F)c(Cl)cc2F)C2=C1CCCC2. The van der Waals surface area contributed by atoms with E-state index in [9.17, 15) is 18.0 Å².